The first-order chi connectivity index (χ1) is 14.7. The fraction of sp³-hybridized carbons (Fsp3) is 0.320. The van der Waals surface area contributed by atoms with Crippen LogP contribution in [0.5, 0.6) is 11.5 Å². The maximum atomic E-state index is 13.3. The van der Waals surface area contributed by atoms with Crippen LogP contribution in [0.25, 0.3) is 10.8 Å². The van der Waals surface area contributed by atoms with E-state index in [0.717, 1.165) is 38.7 Å². The lowest BCUT2D eigenvalue weighted by Crippen LogP contribution is -2.48. The molecule has 0 spiro atoms. The number of amides is 1. The predicted molar refractivity (Wildman–Crippen MR) is 120 cm³/mol. The van der Waals surface area contributed by atoms with Gasteiger partial charge in [-0.05, 0) is 62.9 Å². The molecule has 6 nitrogen and oxygen atoms in total. The summed E-state index contributed by atoms with van der Waals surface area (Å²) in [6.07, 6.45) is 4.65. The van der Waals surface area contributed by atoms with Crippen molar-refractivity contribution in [2.24, 2.45) is 0 Å². The molecule has 6 heteroatoms. The molecule has 1 aliphatic heterocycles. The molecule has 2 heterocycles. The number of ether oxygens (including phenoxy) is 2. The number of carbonyl (C=O) groups is 2. The molecule has 0 saturated heterocycles. The van der Waals surface area contributed by atoms with Gasteiger partial charge in [0, 0.05) is 47.8 Å². The molecule has 3 aromatic rings. The highest BCUT2D eigenvalue weighted by Gasteiger charge is 2.41. The molecule has 0 aliphatic carbocycles. The van der Waals surface area contributed by atoms with Crippen LogP contribution < -0.4 is 14.8 Å². The molecule has 0 radical (unpaired) electrons. The molecular weight excluding hydrogens is 392 g/mol. The van der Waals surface area contributed by atoms with Crippen LogP contribution in [0.2, 0.25) is 0 Å². The Morgan fingerprint density at radius 3 is 2.65 bits per heavy atom. The Hall–Kier alpha value is -3.41. The topological polar surface area (TPSA) is 77.5 Å². The van der Waals surface area contributed by atoms with Gasteiger partial charge in [-0.1, -0.05) is 12.1 Å². The number of nitrogens with one attached hydrogen (secondary N) is 1. The fourth-order valence-corrected chi connectivity index (χ4v) is 4.18. The fourth-order valence-electron chi connectivity index (χ4n) is 4.18. The second-order valence-corrected chi connectivity index (χ2v) is 8.29. The van der Waals surface area contributed by atoms with Crippen molar-refractivity contribution >= 4 is 28.3 Å². The average molecular weight is 418 g/mol. The van der Waals surface area contributed by atoms with Crippen LogP contribution in [0.3, 0.4) is 0 Å². The van der Waals surface area contributed by atoms with Crippen molar-refractivity contribution in [2.75, 3.05) is 5.32 Å². The highest BCUT2D eigenvalue weighted by atomic mass is 16.5. The van der Waals surface area contributed by atoms with Crippen molar-refractivity contribution in [3.63, 3.8) is 0 Å². The molecular formula is C25H26N2O4. The summed E-state index contributed by atoms with van der Waals surface area (Å²) < 4.78 is 11.8. The zero-order valence-corrected chi connectivity index (χ0v) is 18.5. The van der Waals surface area contributed by atoms with E-state index >= 15 is 0 Å². The van der Waals surface area contributed by atoms with Crippen LogP contribution in [0.4, 0.5) is 5.69 Å². The van der Waals surface area contributed by atoms with Gasteiger partial charge in [0.15, 0.2) is 5.60 Å². The van der Waals surface area contributed by atoms with Crippen LogP contribution >= 0.6 is 0 Å². The molecule has 1 atom stereocenters. The van der Waals surface area contributed by atoms with Gasteiger partial charge < -0.3 is 14.8 Å². The van der Waals surface area contributed by atoms with E-state index in [4.69, 9.17) is 9.47 Å². The predicted octanol–water partition coefficient (Wildman–Crippen LogP) is 4.81. The number of hydrogen-bond acceptors (Lipinski definition) is 5. The maximum Gasteiger partial charge on any atom is 0.308 e. The first-order valence-corrected chi connectivity index (χ1v) is 10.4. The van der Waals surface area contributed by atoms with E-state index < -0.39 is 5.60 Å². The Labute approximate surface area is 181 Å². The molecule has 160 valence electrons. The van der Waals surface area contributed by atoms with Crippen LogP contribution in [0, 0.1) is 20.8 Å². The van der Waals surface area contributed by atoms with Gasteiger partial charge in [-0.15, -0.1) is 0 Å². The Balaban J connectivity index is 1.67. The smallest absolute Gasteiger partial charge is 0.308 e. The molecule has 1 aromatic heterocycles. The largest absolute Gasteiger partial charge is 0.477 e. The van der Waals surface area contributed by atoms with Crippen molar-refractivity contribution in [2.45, 2.75) is 53.1 Å². The molecule has 1 amide bonds. The maximum absolute atomic E-state index is 13.3. The van der Waals surface area contributed by atoms with E-state index in [1.165, 1.54) is 6.92 Å². The van der Waals surface area contributed by atoms with E-state index in [1.807, 2.05) is 52.0 Å². The molecule has 0 bridgehead atoms. The molecule has 2 aromatic carbocycles. The van der Waals surface area contributed by atoms with Gasteiger partial charge in [-0.25, -0.2) is 0 Å². The standard InChI is InChI=1S/C25H26N2O4/c1-14-15(2)23-19(16(3)22(14)30-17(4)28)9-11-25(5,31-23)24(29)27-21-8-6-7-18-13-26-12-10-20(18)21/h6-8,10,12-13H,9,11H2,1-5H3,(H,27,29). The summed E-state index contributed by atoms with van der Waals surface area (Å²) in [5.41, 5.74) is 3.31. The van der Waals surface area contributed by atoms with E-state index in [0.29, 0.717) is 24.3 Å². The molecule has 0 saturated carbocycles. The Kier molecular flexibility index (Phi) is 5.17. The quantitative estimate of drug-likeness (QED) is 0.488. The molecule has 31 heavy (non-hydrogen) atoms. The number of esters is 1. The van der Waals surface area contributed by atoms with Gasteiger partial charge in [0.1, 0.15) is 11.5 Å². The van der Waals surface area contributed by atoms with Crippen molar-refractivity contribution in [3.8, 4) is 11.5 Å². The number of fused-ring (bicyclic) bond motifs is 2. The van der Waals surface area contributed by atoms with E-state index in [9.17, 15) is 9.59 Å². The molecule has 1 aliphatic rings. The number of benzene rings is 2. The van der Waals surface area contributed by atoms with Crippen molar-refractivity contribution in [1.29, 1.82) is 0 Å². The summed E-state index contributed by atoms with van der Waals surface area (Å²) in [5.74, 6) is 0.750. The number of anilines is 1. The van der Waals surface area contributed by atoms with Crippen molar-refractivity contribution in [3.05, 3.63) is 58.9 Å². The molecule has 4 rings (SSSR count). The van der Waals surface area contributed by atoms with Crippen LogP contribution in [-0.4, -0.2) is 22.5 Å². The lowest BCUT2D eigenvalue weighted by Gasteiger charge is -2.37. The second kappa shape index (κ2) is 7.69. The molecule has 1 unspecified atom stereocenters. The first-order valence-electron chi connectivity index (χ1n) is 10.4. The van der Waals surface area contributed by atoms with Gasteiger partial charge in [-0.2, -0.15) is 0 Å². The van der Waals surface area contributed by atoms with E-state index in [2.05, 4.69) is 10.3 Å². The van der Waals surface area contributed by atoms with Gasteiger partial charge in [0.25, 0.3) is 5.91 Å². The van der Waals surface area contributed by atoms with Crippen molar-refractivity contribution in [1.82, 2.24) is 4.98 Å². The summed E-state index contributed by atoms with van der Waals surface area (Å²) in [6.45, 7) is 8.99. The second-order valence-electron chi connectivity index (χ2n) is 8.29. The Morgan fingerprint density at radius 2 is 1.90 bits per heavy atom. The SMILES string of the molecule is CC(=O)Oc1c(C)c(C)c2c(c1C)CCC(C)(C(=O)Nc1cccc3cnccc13)O2. The number of rotatable bonds is 3. The minimum Gasteiger partial charge on any atom is -0.477 e. The zero-order valence-electron chi connectivity index (χ0n) is 18.5. The van der Waals surface area contributed by atoms with Crippen LogP contribution in [0.15, 0.2) is 36.7 Å². The summed E-state index contributed by atoms with van der Waals surface area (Å²) in [4.78, 5) is 29.0. The third kappa shape index (κ3) is 3.63. The highest BCUT2D eigenvalue weighted by molar-refractivity contribution is 6.05. The summed E-state index contributed by atoms with van der Waals surface area (Å²) in [5, 5.41) is 4.94. The number of nitrogens with zero attached hydrogens (tertiary/aromatic N) is 1. The third-order valence-corrected chi connectivity index (χ3v) is 6.15. The number of hydrogen-bond donors (Lipinski definition) is 1. The van der Waals surface area contributed by atoms with Gasteiger partial charge >= 0.3 is 5.97 Å². The van der Waals surface area contributed by atoms with Crippen LogP contribution in [-0.2, 0) is 16.0 Å². The normalized spacial score (nSPS) is 17.6. The summed E-state index contributed by atoms with van der Waals surface area (Å²) in [7, 11) is 0. The number of pyridine rings is 1. The van der Waals surface area contributed by atoms with Gasteiger partial charge in [-0.3, -0.25) is 14.6 Å². The van der Waals surface area contributed by atoms with Crippen LogP contribution in [0.1, 0.15) is 42.5 Å². The van der Waals surface area contributed by atoms with Gasteiger partial charge in [0.05, 0.1) is 0 Å². The van der Waals surface area contributed by atoms with E-state index in [-0.39, 0.29) is 11.9 Å². The lowest BCUT2D eigenvalue weighted by atomic mass is 9.86. The average Bonchev–Trinajstić information content (AvgIpc) is 2.75. The Morgan fingerprint density at radius 1 is 1.13 bits per heavy atom. The Bertz CT molecular complexity index is 1210. The monoisotopic (exact) mass is 418 g/mol. The molecule has 0 fully saturated rings. The number of aromatic nitrogens is 1. The minimum absolute atomic E-state index is 0.193. The van der Waals surface area contributed by atoms with Gasteiger partial charge in [0.2, 0.25) is 0 Å². The highest BCUT2D eigenvalue weighted by Crippen LogP contribution is 2.44. The van der Waals surface area contributed by atoms with Crippen molar-refractivity contribution < 1.29 is 19.1 Å². The summed E-state index contributed by atoms with van der Waals surface area (Å²) in [6, 6.07) is 7.62. The van der Waals surface area contributed by atoms with E-state index in [1.54, 1.807) is 12.4 Å². The third-order valence-electron chi connectivity index (χ3n) is 6.15. The first kappa shape index (κ1) is 20.8. The summed E-state index contributed by atoms with van der Waals surface area (Å²) >= 11 is 0. The number of carbonyl (C=O) groups excluding carboxylic acids is 2. The molecule has 1 N–H and O–H groups in total. The lowest BCUT2D eigenvalue weighted by molar-refractivity contribution is -0.132. The zero-order chi connectivity index (χ0) is 22.3. The minimum atomic E-state index is -1.02.